The van der Waals surface area contributed by atoms with E-state index < -0.39 is 0 Å². The van der Waals surface area contributed by atoms with Gasteiger partial charge < -0.3 is 20.2 Å². The van der Waals surface area contributed by atoms with Crippen LogP contribution in [0.5, 0.6) is 5.75 Å². The summed E-state index contributed by atoms with van der Waals surface area (Å²) in [6.07, 6.45) is 0. The van der Waals surface area contributed by atoms with Crippen molar-refractivity contribution < 1.29 is 20.1 Å². The Kier molecular flexibility index (Phi) is 8.37. The molecule has 0 bridgehead atoms. The highest BCUT2D eigenvalue weighted by Gasteiger charge is 2.27. The summed E-state index contributed by atoms with van der Waals surface area (Å²) in [5.41, 5.74) is 3.68. The summed E-state index contributed by atoms with van der Waals surface area (Å²) >= 11 is 5.30. The smallest absolute Gasteiger partial charge is 0.340 e. The Balaban J connectivity index is 0.00000320. The average Bonchev–Trinajstić information content (AvgIpc) is 2.96. The van der Waals surface area contributed by atoms with Crippen molar-refractivity contribution in [2.75, 3.05) is 20.7 Å². The van der Waals surface area contributed by atoms with Crippen molar-refractivity contribution in [3.8, 4) is 5.75 Å². The number of esters is 1. The Morgan fingerprint density at radius 3 is 2.53 bits per heavy atom. The highest BCUT2D eigenvalue weighted by atomic mass is 79.9. The van der Waals surface area contributed by atoms with Crippen molar-refractivity contribution in [2.45, 2.75) is 31.0 Å². The monoisotopic (exact) mass is 494 g/mol. The van der Waals surface area contributed by atoms with Crippen LogP contribution in [-0.2, 0) is 17.0 Å². The van der Waals surface area contributed by atoms with E-state index in [1.54, 1.807) is 18.7 Å². The van der Waals surface area contributed by atoms with Gasteiger partial charge in [0, 0.05) is 28.1 Å². The minimum atomic E-state index is -0.373. The average molecular weight is 495 g/mol. The van der Waals surface area contributed by atoms with Gasteiger partial charge in [0.1, 0.15) is 5.75 Å². The van der Waals surface area contributed by atoms with Gasteiger partial charge in [-0.2, -0.15) is 0 Å². The number of aryl methyl sites for hydroxylation is 1. The molecular formula is C22H27BrN2O4S. The lowest BCUT2D eigenvalue weighted by Gasteiger charge is -2.15. The van der Waals surface area contributed by atoms with Crippen LogP contribution in [0.3, 0.4) is 0 Å². The van der Waals surface area contributed by atoms with Crippen LogP contribution >= 0.6 is 27.9 Å². The van der Waals surface area contributed by atoms with Crippen LogP contribution in [0.1, 0.15) is 34.1 Å². The summed E-state index contributed by atoms with van der Waals surface area (Å²) < 4.78 is 7.27. The number of carbonyl (C=O) groups is 1. The topological polar surface area (TPSA) is 86.2 Å². The zero-order valence-electron chi connectivity index (χ0n) is 17.5. The molecule has 0 saturated carbocycles. The number of phenolic OH excluding ortho intramolecular Hbond substituents is 1. The minimum absolute atomic E-state index is 0. The van der Waals surface area contributed by atoms with E-state index in [1.165, 1.54) is 0 Å². The number of aromatic nitrogens is 1. The molecule has 0 unspecified atom stereocenters. The third-order valence-electron chi connectivity index (χ3n) is 4.63. The van der Waals surface area contributed by atoms with Gasteiger partial charge >= 0.3 is 5.97 Å². The van der Waals surface area contributed by atoms with E-state index in [-0.39, 0.29) is 17.2 Å². The van der Waals surface area contributed by atoms with Gasteiger partial charge in [-0.25, -0.2) is 4.79 Å². The number of hydrogen-bond acceptors (Lipinski definition) is 5. The lowest BCUT2D eigenvalue weighted by atomic mass is 10.0. The third kappa shape index (κ3) is 4.83. The molecule has 0 aliphatic carbocycles. The second-order valence-electron chi connectivity index (χ2n) is 7.08. The van der Waals surface area contributed by atoms with E-state index in [1.807, 2.05) is 65.9 Å². The van der Waals surface area contributed by atoms with E-state index in [4.69, 9.17) is 4.74 Å². The Labute approximate surface area is 189 Å². The second kappa shape index (κ2) is 10.3. The van der Waals surface area contributed by atoms with Gasteiger partial charge in [0.05, 0.1) is 39.5 Å². The summed E-state index contributed by atoms with van der Waals surface area (Å²) in [5.74, 6) is 0.430. The number of rotatable bonds is 7. The fraction of sp³-hybridized carbons (Fsp3) is 0.318. The molecule has 8 heteroatoms. The van der Waals surface area contributed by atoms with Crippen molar-refractivity contribution in [1.29, 1.82) is 0 Å². The first-order chi connectivity index (χ1) is 13.8. The molecule has 0 aliphatic heterocycles. The molecule has 3 aromatic rings. The van der Waals surface area contributed by atoms with Gasteiger partial charge in [0.25, 0.3) is 0 Å². The number of nitrogens with zero attached hydrogens (tertiary/aromatic N) is 2. The van der Waals surface area contributed by atoms with Crippen molar-refractivity contribution in [3.05, 3.63) is 58.8 Å². The van der Waals surface area contributed by atoms with Crippen molar-refractivity contribution >= 4 is 44.8 Å². The standard InChI is InChI=1S/C22H25BrN2O3S.H2O/c1-5-28-22(27)20-18(13-29-15-9-7-6-8-10-15)25(23)17-11-14(2)21(26)16(19(17)20)12-24(3)4;/h6-11,26H,5,12-13H2,1-4H3;1H2. The molecule has 30 heavy (non-hydrogen) atoms. The number of phenols is 1. The summed E-state index contributed by atoms with van der Waals surface area (Å²) in [6, 6.07) is 12.0. The highest BCUT2D eigenvalue weighted by molar-refractivity contribution is 9.08. The molecular weight excluding hydrogens is 468 g/mol. The molecule has 0 amide bonds. The van der Waals surface area contributed by atoms with Crippen LogP contribution in [0.2, 0.25) is 0 Å². The summed E-state index contributed by atoms with van der Waals surface area (Å²) in [7, 11) is 3.88. The van der Waals surface area contributed by atoms with Gasteiger partial charge in [-0.3, -0.25) is 3.59 Å². The molecule has 0 atom stereocenters. The normalized spacial score (nSPS) is 11.0. The molecule has 0 aliphatic rings. The predicted octanol–water partition coefficient (Wildman–Crippen LogP) is 4.52. The van der Waals surface area contributed by atoms with Gasteiger partial charge in [-0.1, -0.05) is 18.2 Å². The number of halogens is 1. The van der Waals surface area contributed by atoms with Crippen LogP contribution in [0, 0.1) is 6.92 Å². The molecule has 3 N–H and O–H groups in total. The number of benzene rings is 2. The number of aromatic hydroxyl groups is 1. The maximum absolute atomic E-state index is 13.0. The number of fused-ring (bicyclic) bond motifs is 1. The first-order valence-corrected chi connectivity index (χ1v) is 11.1. The zero-order chi connectivity index (χ0) is 21.1. The summed E-state index contributed by atoms with van der Waals surface area (Å²) in [4.78, 5) is 16.1. The Hall–Kier alpha value is -2.00. The van der Waals surface area contributed by atoms with Gasteiger partial charge in [-0.05, 0) is 51.7 Å². The Morgan fingerprint density at radius 2 is 1.93 bits per heavy atom. The first-order valence-electron chi connectivity index (χ1n) is 9.39. The van der Waals surface area contributed by atoms with Crippen LogP contribution < -0.4 is 0 Å². The molecule has 1 heterocycles. The quantitative estimate of drug-likeness (QED) is 0.385. The van der Waals surface area contributed by atoms with Crippen molar-refractivity contribution in [1.82, 2.24) is 8.49 Å². The third-order valence-corrected chi connectivity index (χ3v) is 6.46. The molecule has 3 rings (SSSR count). The second-order valence-corrected chi connectivity index (χ2v) is 8.84. The maximum Gasteiger partial charge on any atom is 0.340 e. The van der Waals surface area contributed by atoms with E-state index in [0.29, 0.717) is 24.5 Å². The largest absolute Gasteiger partial charge is 0.507 e. The Bertz CT molecular complexity index is 1040. The summed E-state index contributed by atoms with van der Waals surface area (Å²) in [6.45, 7) is 4.47. The van der Waals surface area contributed by atoms with Crippen LogP contribution in [0.25, 0.3) is 10.9 Å². The maximum atomic E-state index is 13.0. The lowest BCUT2D eigenvalue weighted by molar-refractivity contribution is 0.0527. The number of ether oxygens (including phenoxy) is 1. The van der Waals surface area contributed by atoms with E-state index in [9.17, 15) is 9.90 Å². The van der Waals surface area contributed by atoms with Crippen LogP contribution in [-0.4, -0.2) is 45.7 Å². The Morgan fingerprint density at radius 1 is 1.27 bits per heavy atom. The minimum Gasteiger partial charge on any atom is -0.507 e. The molecule has 0 radical (unpaired) electrons. The molecule has 162 valence electrons. The number of carbonyl (C=O) groups excluding carboxylic acids is 1. The van der Waals surface area contributed by atoms with Crippen molar-refractivity contribution in [3.63, 3.8) is 0 Å². The first kappa shape index (κ1) is 24.3. The number of hydrogen-bond donors (Lipinski definition) is 1. The van der Waals surface area contributed by atoms with Gasteiger partial charge in [0.2, 0.25) is 0 Å². The fourth-order valence-corrected chi connectivity index (χ4v) is 5.04. The van der Waals surface area contributed by atoms with E-state index in [2.05, 4.69) is 16.1 Å². The highest BCUT2D eigenvalue weighted by Crippen LogP contribution is 2.40. The molecule has 6 nitrogen and oxygen atoms in total. The van der Waals surface area contributed by atoms with Gasteiger partial charge in [-0.15, -0.1) is 11.8 Å². The molecule has 0 saturated heterocycles. The SMILES string of the molecule is CCOC(=O)c1c(CSc2ccccc2)n(Br)c2cc(C)c(O)c(CN(C)C)c12.O. The predicted molar refractivity (Wildman–Crippen MR) is 126 cm³/mol. The van der Waals surface area contributed by atoms with Crippen LogP contribution in [0.4, 0.5) is 0 Å². The molecule has 0 spiro atoms. The van der Waals surface area contributed by atoms with Crippen molar-refractivity contribution in [2.24, 2.45) is 0 Å². The van der Waals surface area contributed by atoms with Crippen LogP contribution in [0.15, 0.2) is 41.3 Å². The fourth-order valence-electron chi connectivity index (χ4n) is 3.37. The molecule has 1 aromatic heterocycles. The van der Waals surface area contributed by atoms with Gasteiger partial charge in [0.15, 0.2) is 0 Å². The zero-order valence-corrected chi connectivity index (χ0v) is 19.9. The number of thioether (sulfide) groups is 1. The summed E-state index contributed by atoms with van der Waals surface area (Å²) in [5, 5.41) is 11.5. The lowest BCUT2D eigenvalue weighted by Crippen LogP contribution is -2.13. The molecule has 2 aromatic carbocycles. The molecule has 0 fully saturated rings. The van der Waals surface area contributed by atoms with E-state index in [0.717, 1.165) is 32.6 Å². The van der Waals surface area contributed by atoms with E-state index >= 15 is 0 Å².